The number of aliphatic hydroxyl groups excluding tert-OH is 2. The summed E-state index contributed by atoms with van der Waals surface area (Å²) >= 11 is 0. The van der Waals surface area contributed by atoms with Gasteiger partial charge in [-0.1, -0.05) is 361 Å². The molecule has 5 atom stereocenters. The van der Waals surface area contributed by atoms with Crippen molar-refractivity contribution < 1.29 is 75.8 Å². The first-order chi connectivity index (χ1) is 52.2. The van der Waals surface area contributed by atoms with Crippen LogP contribution in [0.5, 0.6) is 0 Å². The lowest BCUT2D eigenvalue weighted by molar-refractivity contribution is -0.161. The van der Waals surface area contributed by atoms with Crippen molar-refractivity contribution in [3.63, 3.8) is 0 Å². The van der Waals surface area contributed by atoms with Crippen LogP contribution in [0.1, 0.15) is 380 Å². The molecule has 4 N–H and O–H groups in total. The van der Waals surface area contributed by atoms with Crippen molar-refractivity contribution in [3.8, 4) is 0 Å². The molecule has 16 nitrogen and oxygen atoms in total. The Kier molecular flexibility index (Phi) is 78.8. The molecule has 0 heterocycles. The third kappa shape index (κ3) is 83.0. The first kappa shape index (κ1) is 103. The summed E-state index contributed by atoms with van der Waals surface area (Å²) in [6, 6.07) is 0. The second-order valence-electron chi connectivity index (χ2n) is 29.0. The third-order valence-corrected chi connectivity index (χ3v) is 20.4. The zero-order chi connectivity index (χ0) is 78.0. The fourth-order valence-corrected chi connectivity index (χ4v) is 13.5. The molecule has 0 aliphatic heterocycles. The maximum absolute atomic E-state index is 13.0. The molecular formula is C89H158O16P2. The molecule has 18 heteroatoms. The molecule has 0 aliphatic carbocycles. The lowest BCUT2D eigenvalue weighted by atomic mass is 10.0. The number of hydrogen-bond donors (Lipinski definition) is 4. The second kappa shape index (κ2) is 81.7. The van der Waals surface area contributed by atoms with E-state index < -0.39 is 91.5 Å². The zero-order valence-electron chi connectivity index (χ0n) is 68.0. The summed E-state index contributed by atoms with van der Waals surface area (Å²) in [6.07, 6.45) is 97.2. The number of phosphoric ester groups is 2. The molecule has 0 aromatic heterocycles. The van der Waals surface area contributed by atoms with E-state index in [9.17, 15) is 43.5 Å². The lowest BCUT2D eigenvalue weighted by Crippen LogP contribution is -2.30. The average Bonchev–Trinajstić information content (AvgIpc) is 0.902. The van der Waals surface area contributed by atoms with Gasteiger partial charge < -0.3 is 34.2 Å². The molecule has 0 amide bonds. The van der Waals surface area contributed by atoms with Crippen molar-refractivity contribution in [3.05, 3.63) is 109 Å². The predicted molar refractivity (Wildman–Crippen MR) is 445 cm³/mol. The molecular weight excluding hydrogens is 1390 g/mol. The molecule has 0 rings (SSSR count). The first-order valence-corrected chi connectivity index (χ1v) is 46.2. The van der Waals surface area contributed by atoms with Gasteiger partial charge in [-0.25, -0.2) is 9.13 Å². The van der Waals surface area contributed by atoms with Crippen molar-refractivity contribution >= 4 is 33.6 Å². The van der Waals surface area contributed by atoms with Crippen LogP contribution in [0.3, 0.4) is 0 Å². The standard InChI is InChI=1S/C89H158O16P2/c1-4-7-10-13-16-19-22-25-27-29-31-33-35-37-39-40-41-42-44-46-47-49-51-53-55-58-60-63-66-69-72-75-87(92)99-78-84(90)79-101-106(95,96)102-80-85(91)81-103-107(97,98)104-83-86(105-89(94)77-74-71-68-65-62-57-24-21-18-15-12-9-6-3)82-100-88(93)76-73-70-67-64-61-59-56-54-52-50-48-45-43-38-36-34-32-30-28-26-23-20-17-14-11-8-5-2/h8,11,16-17,19-20,25-28,31-34,37-39,43,84-86,90-91H,4-7,9-10,12-15,18,21-24,29-30,35-36,40-42,44-83H2,1-3H3,(H,95,96)(H,97,98)/b11-8-,19-16-,20-17-,27-25-,28-26-,33-31-,34-32-,39-37-,43-38-. The molecule has 0 aromatic carbocycles. The number of carbonyl (C=O) groups is 3. The highest BCUT2D eigenvalue weighted by molar-refractivity contribution is 7.47. The molecule has 0 aromatic rings. The Balaban J connectivity index is 4.43. The highest BCUT2D eigenvalue weighted by Crippen LogP contribution is 2.45. The number of ether oxygens (including phenoxy) is 3. The highest BCUT2D eigenvalue weighted by Gasteiger charge is 2.29. The van der Waals surface area contributed by atoms with Crippen molar-refractivity contribution in [1.82, 2.24) is 0 Å². The Labute approximate surface area is 653 Å². The monoisotopic (exact) mass is 1550 g/mol. The van der Waals surface area contributed by atoms with Gasteiger partial charge in [0, 0.05) is 19.3 Å². The van der Waals surface area contributed by atoms with Crippen molar-refractivity contribution in [2.75, 3.05) is 39.6 Å². The van der Waals surface area contributed by atoms with Crippen LogP contribution in [-0.4, -0.2) is 95.9 Å². The lowest BCUT2D eigenvalue weighted by Gasteiger charge is -2.21. The fourth-order valence-electron chi connectivity index (χ4n) is 11.9. The summed E-state index contributed by atoms with van der Waals surface area (Å²) < 4.78 is 61.3. The zero-order valence-corrected chi connectivity index (χ0v) is 69.8. The van der Waals surface area contributed by atoms with Crippen molar-refractivity contribution in [2.24, 2.45) is 0 Å². The van der Waals surface area contributed by atoms with E-state index in [1.807, 2.05) is 0 Å². The summed E-state index contributed by atoms with van der Waals surface area (Å²) in [5, 5.41) is 20.7. The van der Waals surface area contributed by atoms with Gasteiger partial charge in [0.05, 0.1) is 26.4 Å². The van der Waals surface area contributed by atoms with Crippen molar-refractivity contribution in [2.45, 2.75) is 399 Å². The number of unbranched alkanes of at least 4 members (excludes halogenated alkanes) is 41. The van der Waals surface area contributed by atoms with Crippen LogP contribution in [0.25, 0.3) is 0 Å². The largest absolute Gasteiger partial charge is 0.472 e. The molecule has 5 unspecified atom stereocenters. The van der Waals surface area contributed by atoms with Gasteiger partial charge in [-0.2, -0.15) is 0 Å². The summed E-state index contributed by atoms with van der Waals surface area (Å²) in [7, 11) is -9.78. The first-order valence-electron chi connectivity index (χ1n) is 43.2. The Morgan fingerprint density at radius 2 is 0.495 bits per heavy atom. The van der Waals surface area contributed by atoms with E-state index in [0.29, 0.717) is 19.3 Å². The maximum Gasteiger partial charge on any atom is 0.472 e. The normalized spacial score (nSPS) is 14.4. The van der Waals surface area contributed by atoms with Gasteiger partial charge in [0.15, 0.2) is 6.10 Å². The van der Waals surface area contributed by atoms with Crippen LogP contribution < -0.4 is 0 Å². The van der Waals surface area contributed by atoms with Crippen LogP contribution in [0.4, 0.5) is 0 Å². The summed E-state index contributed by atoms with van der Waals surface area (Å²) in [5.74, 6) is -1.56. The van der Waals surface area contributed by atoms with E-state index in [1.54, 1.807) is 0 Å². The summed E-state index contributed by atoms with van der Waals surface area (Å²) in [4.78, 5) is 58.8. The molecule has 107 heavy (non-hydrogen) atoms. The number of allylic oxidation sites excluding steroid dienone is 18. The van der Waals surface area contributed by atoms with Crippen LogP contribution in [0.2, 0.25) is 0 Å². The number of phosphoric acid groups is 2. The van der Waals surface area contributed by atoms with Gasteiger partial charge in [0.2, 0.25) is 0 Å². The van der Waals surface area contributed by atoms with E-state index >= 15 is 0 Å². The van der Waals surface area contributed by atoms with Gasteiger partial charge >= 0.3 is 33.6 Å². The molecule has 0 spiro atoms. The quantitative estimate of drug-likeness (QED) is 0.0146. The number of rotatable bonds is 82. The van der Waals surface area contributed by atoms with E-state index in [0.717, 1.165) is 128 Å². The molecule has 0 saturated carbocycles. The average molecular weight is 1550 g/mol. The summed E-state index contributed by atoms with van der Waals surface area (Å²) in [6.45, 7) is 2.59. The maximum atomic E-state index is 13.0. The topological polar surface area (TPSA) is 231 Å². The van der Waals surface area contributed by atoms with Gasteiger partial charge in [-0.15, -0.1) is 0 Å². The predicted octanol–water partition coefficient (Wildman–Crippen LogP) is 25.9. The van der Waals surface area contributed by atoms with Gasteiger partial charge in [0.25, 0.3) is 0 Å². The van der Waals surface area contributed by atoms with Crippen LogP contribution in [0, 0.1) is 0 Å². The van der Waals surface area contributed by atoms with Crippen LogP contribution in [0.15, 0.2) is 109 Å². The Hall–Kier alpha value is -3.79. The molecule has 0 saturated heterocycles. The van der Waals surface area contributed by atoms with Gasteiger partial charge in [-0.05, 0) is 109 Å². The Morgan fingerprint density at radius 1 is 0.271 bits per heavy atom. The third-order valence-electron chi connectivity index (χ3n) is 18.5. The smallest absolute Gasteiger partial charge is 0.463 e. The molecule has 0 bridgehead atoms. The van der Waals surface area contributed by atoms with E-state index in [4.69, 9.17) is 32.3 Å². The van der Waals surface area contributed by atoms with E-state index in [1.165, 1.54) is 193 Å². The Bertz CT molecular complexity index is 2380. The number of aliphatic hydroxyl groups is 2. The SMILES string of the molecule is CC/C=C\C/C=C\C/C=C\C/C=C\C/C=C\CCCCCCCCCCCCCC(=O)OCC(COP(=O)(O)OCC(O)COP(=O)(O)OCC(O)COC(=O)CCCCCCCCCCCCCCCCC/C=C\C/C=C\C/C=C\C/C=C\CCCCC)OC(=O)CCCCCCCCCCCCCCC. The van der Waals surface area contributed by atoms with Crippen molar-refractivity contribution in [1.29, 1.82) is 0 Å². The highest BCUT2D eigenvalue weighted by atomic mass is 31.2. The minimum absolute atomic E-state index is 0.108. The fraction of sp³-hybridized carbons (Fsp3) is 0.764. The minimum atomic E-state index is -4.93. The molecule has 0 fully saturated rings. The molecule has 0 aliphatic rings. The molecule has 620 valence electrons. The second-order valence-corrected chi connectivity index (χ2v) is 31.9. The van der Waals surface area contributed by atoms with Crippen LogP contribution in [-0.2, 0) is 55.8 Å². The van der Waals surface area contributed by atoms with E-state index in [-0.39, 0.29) is 19.3 Å². The molecule has 0 radical (unpaired) electrons. The van der Waals surface area contributed by atoms with Gasteiger partial charge in [-0.3, -0.25) is 32.5 Å². The van der Waals surface area contributed by atoms with Gasteiger partial charge in [0.1, 0.15) is 25.4 Å². The number of esters is 3. The number of hydrogen-bond acceptors (Lipinski definition) is 14. The Morgan fingerprint density at radius 3 is 0.804 bits per heavy atom. The van der Waals surface area contributed by atoms with E-state index in [2.05, 4.69) is 130 Å². The van der Waals surface area contributed by atoms with Crippen LogP contribution >= 0.6 is 15.6 Å². The minimum Gasteiger partial charge on any atom is -0.463 e. The number of carbonyl (C=O) groups excluding carboxylic acids is 3. The summed E-state index contributed by atoms with van der Waals surface area (Å²) in [5.41, 5.74) is 0.